The Bertz CT molecular complexity index is 1260. The van der Waals surface area contributed by atoms with Crippen LogP contribution in [0.1, 0.15) is 17.5 Å². The molecule has 2 unspecified atom stereocenters. The largest absolute Gasteiger partial charge is 0.433 e. The van der Waals surface area contributed by atoms with Gasteiger partial charge < -0.3 is 19.6 Å². The quantitative estimate of drug-likeness (QED) is 0.434. The lowest BCUT2D eigenvalue weighted by atomic mass is 10.1. The van der Waals surface area contributed by atoms with Crippen molar-refractivity contribution in [3.63, 3.8) is 0 Å². The molecule has 8 nitrogen and oxygen atoms in total. The monoisotopic (exact) mass is 460 g/mol. The van der Waals surface area contributed by atoms with E-state index in [9.17, 15) is 23.1 Å². The summed E-state index contributed by atoms with van der Waals surface area (Å²) in [7, 11) is 1.82. The molecule has 2 aliphatic rings. The number of halogens is 3. The summed E-state index contributed by atoms with van der Waals surface area (Å²) < 4.78 is 40.4. The zero-order valence-electron chi connectivity index (χ0n) is 17.8. The molecule has 1 aliphatic heterocycles. The minimum atomic E-state index is -4.52. The lowest BCUT2D eigenvalue weighted by molar-refractivity contribution is -0.141. The summed E-state index contributed by atoms with van der Waals surface area (Å²) in [5.74, 6) is 0.441. The van der Waals surface area contributed by atoms with Crippen molar-refractivity contribution in [2.24, 2.45) is 11.8 Å². The van der Waals surface area contributed by atoms with Gasteiger partial charge in [-0.15, -0.1) is 6.58 Å². The first kappa shape index (κ1) is 21.7. The van der Waals surface area contributed by atoms with Crippen LogP contribution in [0.5, 0.6) is 0 Å². The number of aromatic amines is 1. The Hall–Kier alpha value is -3.18. The highest BCUT2D eigenvalue weighted by Crippen LogP contribution is 2.51. The maximum absolute atomic E-state index is 13.0. The minimum absolute atomic E-state index is 0.0656. The van der Waals surface area contributed by atoms with E-state index in [0.29, 0.717) is 36.1 Å². The molecule has 0 aromatic carbocycles. The molecule has 2 N–H and O–H groups in total. The average molecular weight is 460 g/mol. The van der Waals surface area contributed by atoms with Crippen LogP contribution in [0.25, 0.3) is 10.9 Å². The number of fused-ring (bicyclic) bond motifs is 2. The van der Waals surface area contributed by atoms with E-state index in [-0.39, 0.29) is 29.4 Å². The summed E-state index contributed by atoms with van der Waals surface area (Å²) in [6.45, 7) is 5.03. The van der Waals surface area contributed by atoms with Crippen molar-refractivity contribution in [2.45, 2.75) is 25.0 Å². The fraction of sp³-hybridized carbons (Fsp3) is 0.409. The third-order valence-corrected chi connectivity index (χ3v) is 6.65. The Morgan fingerprint density at radius 1 is 1.36 bits per heavy atom. The van der Waals surface area contributed by atoms with Gasteiger partial charge in [-0.3, -0.25) is 9.69 Å². The number of hydrogen-bond donors (Lipinski definition) is 2. The first-order valence-corrected chi connectivity index (χ1v) is 10.6. The van der Waals surface area contributed by atoms with Gasteiger partial charge in [-0.2, -0.15) is 13.2 Å². The van der Waals surface area contributed by atoms with Crippen molar-refractivity contribution in [1.82, 2.24) is 24.4 Å². The van der Waals surface area contributed by atoms with Gasteiger partial charge in [0.1, 0.15) is 17.4 Å². The van der Waals surface area contributed by atoms with Crippen molar-refractivity contribution in [2.75, 3.05) is 25.0 Å². The van der Waals surface area contributed by atoms with Crippen molar-refractivity contribution in [3.05, 3.63) is 65.0 Å². The van der Waals surface area contributed by atoms with Gasteiger partial charge >= 0.3 is 6.18 Å². The first-order valence-electron chi connectivity index (χ1n) is 10.6. The summed E-state index contributed by atoms with van der Waals surface area (Å²) in [5, 5.41) is 11.8. The molecule has 4 atom stereocenters. The van der Waals surface area contributed by atoms with Crippen LogP contribution in [0, 0.1) is 11.8 Å². The van der Waals surface area contributed by atoms with Gasteiger partial charge in [0, 0.05) is 55.2 Å². The van der Waals surface area contributed by atoms with Crippen LogP contribution in [-0.4, -0.2) is 55.7 Å². The normalized spacial score (nSPS) is 23.2. The third kappa shape index (κ3) is 3.61. The number of aliphatic hydroxyl groups is 1. The number of allylic oxidation sites excluding steroid dienone is 1. The summed E-state index contributed by atoms with van der Waals surface area (Å²) in [6, 6.07) is 2.69. The van der Waals surface area contributed by atoms with Crippen molar-refractivity contribution in [3.8, 4) is 0 Å². The van der Waals surface area contributed by atoms with Gasteiger partial charge in [-0.1, -0.05) is 6.08 Å². The van der Waals surface area contributed by atoms with Gasteiger partial charge in [0.15, 0.2) is 0 Å². The van der Waals surface area contributed by atoms with E-state index in [0.717, 1.165) is 12.3 Å². The number of anilines is 1. The van der Waals surface area contributed by atoms with Crippen LogP contribution >= 0.6 is 0 Å². The Labute approximate surface area is 187 Å². The van der Waals surface area contributed by atoms with Crippen molar-refractivity contribution >= 4 is 16.9 Å². The Morgan fingerprint density at radius 3 is 2.76 bits per heavy atom. The molecule has 3 aromatic rings. The highest BCUT2D eigenvalue weighted by Gasteiger charge is 2.59. The molecule has 1 aliphatic carbocycles. The molecule has 5 rings (SSSR count). The van der Waals surface area contributed by atoms with Crippen LogP contribution in [-0.2, 0) is 12.7 Å². The zero-order valence-corrected chi connectivity index (χ0v) is 17.8. The van der Waals surface area contributed by atoms with Gasteiger partial charge in [-0.05, 0) is 31.0 Å². The highest BCUT2D eigenvalue weighted by atomic mass is 19.4. The Kier molecular flexibility index (Phi) is 5.05. The van der Waals surface area contributed by atoms with Gasteiger partial charge in [-0.25, -0.2) is 9.97 Å². The van der Waals surface area contributed by atoms with E-state index in [4.69, 9.17) is 0 Å². The summed E-state index contributed by atoms with van der Waals surface area (Å²) in [4.78, 5) is 26.9. The van der Waals surface area contributed by atoms with Crippen LogP contribution in [0.2, 0.25) is 0 Å². The van der Waals surface area contributed by atoms with Crippen LogP contribution in [0.3, 0.4) is 0 Å². The van der Waals surface area contributed by atoms with Crippen molar-refractivity contribution in [1.29, 1.82) is 0 Å². The van der Waals surface area contributed by atoms with Crippen LogP contribution < -0.4 is 10.5 Å². The predicted molar refractivity (Wildman–Crippen MR) is 115 cm³/mol. The molecule has 174 valence electrons. The van der Waals surface area contributed by atoms with E-state index in [2.05, 4.69) is 21.5 Å². The highest BCUT2D eigenvalue weighted by molar-refractivity contribution is 5.82. The number of nitrogens with one attached hydrogen (secondary N) is 1. The third-order valence-electron chi connectivity index (χ3n) is 6.65. The first-order chi connectivity index (χ1) is 15.7. The number of H-pyrrole nitrogens is 1. The molecule has 33 heavy (non-hydrogen) atoms. The molecule has 0 bridgehead atoms. The number of pyridine rings is 1. The van der Waals surface area contributed by atoms with Crippen LogP contribution in [0.4, 0.5) is 19.1 Å². The lowest BCUT2D eigenvalue weighted by Gasteiger charge is -2.28. The number of alkyl halides is 3. The van der Waals surface area contributed by atoms with Gasteiger partial charge in [0.2, 0.25) is 5.95 Å². The van der Waals surface area contributed by atoms with Crippen molar-refractivity contribution < 1.29 is 18.3 Å². The maximum atomic E-state index is 13.0. The molecule has 3 aromatic heterocycles. The van der Waals surface area contributed by atoms with E-state index in [1.54, 1.807) is 29.4 Å². The second-order valence-corrected chi connectivity index (χ2v) is 8.60. The smallest absolute Gasteiger partial charge is 0.374 e. The minimum Gasteiger partial charge on any atom is -0.374 e. The number of hydrogen-bond acceptors (Lipinski definition) is 6. The number of nitrogens with zero attached hydrogens (tertiary/aromatic N) is 5. The summed E-state index contributed by atoms with van der Waals surface area (Å²) >= 11 is 0. The zero-order chi connectivity index (χ0) is 23.5. The molecule has 11 heteroatoms. The number of aliphatic hydroxyl groups excluding tert-OH is 1. The van der Waals surface area contributed by atoms with E-state index in [1.807, 2.05) is 11.9 Å². The SMILES string of the molecule is C=CCn1cc(C(O)N(C)C2[C@H]3CN(c4nccc(C(F)(F)F)n4)C[C@@H]23)c2cc[nH]c2c1=O. The van der Waals surface area contributed by atoms with Gasteiger partial charge in [0.05, 0.1) is 0 Å². The fourth-order valence-corrected chi connectivity index (χ4v) is 5.01. The van der Waals surface area contributed by atoms with Crippen LogP contribution in [0.15, 0.2) is 48.2 Å². The van der Waals surface area contributed by atoms with Gasteiger partial charge in [0.25, 0.3) is 5.56 Å². The topological polar surface area (TPSA) is 90.3 Å². The molecule has 0 spiro atoms. The Morgan fingerprint density at radius 2 is 2.09 bits per heavy atom. The second kappa shape index (κ2) is 7.70. The predicted octanol–water partition coefficient (Wildman–Crippen LogP) is 2.38. The molecular weight excluding hydrogens is 437 g/mol. The molecule has 4 heterocycles. The molecule has 0 radical (unpaired) electrons. The van der Waals surface area contributed by atoms with E-state index < -0.39 is 18.1 Å². The Balaban J connectivity index is 1.33. The average Bonchev–Trinajstić information content (AvgIpc) is 3.13. The summed E-state index contributed by atoms with van der Waals surface area (Å²) in [5.41, 5.74) is -0.111. The maximum Gasteiger partial charge on any atom is 0.433 e. The molecule has 1 saturated heterocycles. The molecule has 2 fully saturated rings. The van der Waals surface area contributed by atoms with E-state index in [1.165, 1.54) is 4.57 Å². The van der Waals surface area contributed by atoms with E-state index >= 15 is 0 Å². The molecule has 0 amide bonds. The summed E-state index contributed by atoms with van der Waals surface area (Å²) in [6.07, 6.45) is 0.600. The number of rotatable bonds is 6. The lowest BCUT2D eigenvalue weighted by Crippen LogP contribution is -2.36. The number of piperidine rings is 1. The fourth-order valence-electron chi connectivity index (χ4n) is 5.01. The molecule has 1 saturated carbocycles. The molecular formula is C22H23F3N6O2. The number of aromatic nitrogens is 4. The second-order valence-electron chi connectivity index (χ2n) is 8.60. The standard InChI is InChI=1S/C22H23F3N6O2/c1-3-8-30-11-15(12-4-6-26-17(12)20(30)33)19(32)29(2)18-13-9-31(10-14(13)18)21-27-7-5-16(28-21)22(23,24)25/h3-7,11,13-14,18-19,26,32H,1,8-10H2,2H3/t13-,14+,18?,19?.